The lowest BCUT2D eigenvalue weighted by molar-refractivity contribution is -0.141. The molecular formula is C11H11F3N2O3S. The number of carboxylic acids is 1. The Morgan fingerprint density at radius 3 is 2.65 bits per heavy atom. The number of carbonyl (C=O) groups excluding carboxylic acids is 1. The molecule has 0 aliphatic heterocycles. The summed E-state index contributed by atoms with van der Waals surface area (Å²) in [5.41, 5.74) is -0.933. The third kappa shape index (κ3) is 3.47. The molecule has 1 aromatic rings. The van der Waals surface area contributed by atoms with E-state index in [1.54, 1.807) is 0 Å². The fourth-order valence-corrected chi connectivity index (χ4v) is 2.54. The quantitative estimate of drug-likeness (QED) is 0.865. The van der Waals surface area contributed by atoms with Crippen LogP contribution in [0.25, 0.3) is 0 Å². The lowest BCUT2D eigenvalue weighted by atomic mass is 10.3. The maximum atomic E-state index is 12.3. The van der Waals surface area contributed by atoms with Crippen molar-refractivity contribution in [1.29, 1.82) is 0 Å². The lowest BCUT2D eigenvalue weighted by Gasteiger charge is -2.03. The number of aliphatic carboxylic acids is 1. The minimum absolute atomic E-state index is 0.145. The van der Waals surface area contributed by atoms with E-state index in [0.717, 1.165) is 16.7 Å². The fourth-order valence-electron chi connectivity index (χ4n) is 1.74. The Morgan fingerprint density at radius 2 is 2.15 bits per heavy atom. The summed E-state index contributed by atoms with van der Waals surface area (Å²) in [6, 6.07) is 0. The topological polar surface area (TPSA) is 79.3 Å². The number of rotatable bonds is 5. The number of carboxylic acid groups (broad SMARTS) is 1. The largest absolute Gasteiger partial charge is 0.481 e. The summed E-state index contributed by atoms with van der Waals surface area (Å²) in [5.74, 6) is -2.52. The van der Waals surface area contributed by atoms with Gasteiger partial charge in [0.1, 0.15) is 0 Å². The molecule has 2 unspecified atom stereocenters. The molecule has 2 rings (SSSR count). The van der Waals surface area contributed by atoms with Gasteiger partial charge in [-0.25, -0.2) is 4.98 Å². The third-order valence-electron chi connectivity index (χ3n) is 2.92. The highest BCUT2D eigenvalue weighted by atomic mass is 32.1. The van der Waals surface area contributed by atoms with Gasteiger partial charge in [-0.05, 0) is 6.42 Å². The first-order valence-corrected chi connectivity index (χ1v) is 6.69. The van der Waals surface area contributed by atoms with E-state index >= 15 is 0 Å². The number of amides is 1. The van der Waals surface area contributed by atoms with Crippen LogP contribution in [0.15, 0.2) is 5.38 Å². The molecular weight excluding hydrogens is 297 g/mol. The first-order valence-electron chi connectivity index (χ1n) is 5.81. The van der Waals surface area contributed by atoms with Crippen molar-refractivity contribution < 1.29 is 27.9 Å². The molecule has 1 aromatic heterocycles. The number of nitrogens with zero attached hydrogens (tertiary/aromatic N) is 1. The van der Waals surface area contributed by atoms with Gasteiger partial charge in [-0.3, -0.25) is 9.59 Å². The van der Waals surface area contributed by atoms with Crippen molar-refractivity contribution in [3.8, 4) is 0 Å². The number of carbonyl (C=O) groups is 2. The van der Waals surface area contributed by atoms with Gasteiger partial charge < -0.3 is 10.4 Å². The highest BCUT2D eigenvalue weighted by molar-refractivity contribution is 7.09. The zero-order chi connectivity index (χ0) is 14.9. The average molecular weight is 308 g/mol. The number of hydrogen-bond donors (Lipinski definition) is 2. The number of aromatic nitrogens is 1. The van der Waals surface area contributed by atoms with Crippen LogP contribution in [0, 0.1) is 11.8 Å². The van der Waals surface area contributed by atoms with Crippen molar-refractivity contribution in [2.75, 3.05) is 6.54 Å². The molecule has 1 fully saturated rings. The van der Waals surface area contributed by atoms with Gasteiger partial charge in [0.25, 0.3) is 0 Å². The molecule has 2 N–H and O–H groups in total. The maximum absolute atomic E-state index is 12.3. The highest BCUT2D eigenvalue weighted by Gasteiger charge is 2.48. The molecule has 1 amide bonds. The van der Waals surface area contributed by atoms with Crippen LogP contribution in [0.2, 0.25) is 0 Å². The molecule has 1 aliphatic carbocycles. The molecule has 9 heteroatoms. The molecule has 0 aromatic carbocycles. The van der Waals surface area contributed by atoms with Crippen molar-refractivity contribution in [3.63, 3.8) is 0 Å². The van der Waals surface area contributed by atoms with E-state index in [-0.39, 0.29) is 23.9 Å². The summed E-state index contributed by atoms with van der Waals surface area (Å²) in [6.07, 6.45) is -3.95. The molecule has 1 aliphatic rings. The van der Waals surface area contributed by atoms with Crippen molar-refractivity contribution >= 4 is 23.2 Å². The average Bonchev–Trinajstić information content (AvgIpc) is 3.00. The molecule has 110 valence electrons. The van der Waals surface area contributed by atoms with Crippen LogP contribution < -0.4 is 5.32 Å². The summed E-state index contributed by atoms with van der Waals surface area (Å²) in [6.45, 7) is 0.145. The summed E-state index contributed by atoms with van der Waals surface area (Å²) in [7, 11) is 0. The number of nitrogens with one attached hydrogen (secondary N) is 1. The number of hydrogen-bond acceptors (Lipinski definition) is 4. The molecule has 1 heterocycles. The zero-order valence-corrected chi connectivity index (χ0v) is 10.9. The van der Waals surface area contributed by atoms with E-state index in [4.69, 9.17) is 5.11 Å². The predicted octanol–water partition coefficient (Wildman–Crippen LogP) is 1.54. The standard InChI is InChI=1S/C11H11F3N2O3S/c12-11(13,14)7-4-20-8(16-7)1-2-15-9(17)5-3-6(5)10(18)19/h4-6H,1-3H2,(H,15,17)(H,18,19). The molecule has 0 saturated heterocycles. The van der Waals surface area contributed by atoms with Gasteiger partial charge in [0.2, 0.25) is 5.91 Å². The number of alkyl halides is 3. The Labute approximate surface area is 115 Å². The molecule has 0 bridgehead atoms. The first-order chi connectivity index (χ1) is 9.29. The van der Waals surface area contributed by atoms with E-state index in [0.29, 0.717) is 6.42 Å². The van der Waals surface area contributed by atoms with E-state index < -0.39 is 29.7 Å². The second-order valence-corrected chi connectivity index (χ2v) is 5.39. The predicted molar refractivity (Wildman–Crippen MR) is 63.1 cm³/mol. The van der Waals surface area contributed by atoms with E-state index in [1.165, 1.54) is 0 Å². The van der Waals surface area contributed by atoms with Crippen molar-refractivity contribution in [3.05, 3.63) is 16.1 Å². The van der Waals surface area contributed by atoms with Gasteiger partial charge in [-0.15, -0.1) is 11.3 Å². The van der Waals surface area contributed by atoms with Crippen LogP contribution in [0.3, 0.4) is 0 Å². The van der Waals surface area contributed by atoms with Gasteiger partial charge in [0, 0.05) is 18.3 Å². The number of halogens is 3. The van der Waals surface area contributed by atoms with Gasteiger partial charge in [0.15, 0.2) is 5.69 Å². The molecule has 2 atom stereocenters. The zero-order valence-electron chi connectivity index (χ0n) is 10.1. The van der Waals surface area contributed by atoms with Crippen LogP contribution in [0.1, 0.15) is 17.1 Å². The molecule has 5 nitrogen and oxygen atoms in total. The lowest BCUT2D eigenvalue weighted by Crippen LogP contribution is -2.28. The van der Waals surface area contributed by atoms with Crippen molar-refractivity contribution in [2.45, 2.75) is 19.0 Å². The van der Waals surface area contributed by atoms with Gasteiger partial charge in [-0.1, -0.05) is 0 Å². The fraction of sp³-hybridized carbons (Fsp3) is 0.545. The van der Waals surface area contributed by atoms with Gasteiger partial charge >= 0.3 is 12.1 Å². The maximum Gasteiger partial charge on any atom is 0.434 e. The molecule has 0 spiro atoms. The summed E-state index contributed by atoms with van der Waals surface area (Å²) < 4.78 is 36.9. The van der Waals surface area contributed by atoms with Crippen LogP contribution in [0.4, 0.5) is 13.2 Å². The Balaban J connectivity index is 1.75. The Morgan fingerprint density at radius 1 is 1.45 bits per heavy atom. The van der Waals surface area contributed by atoms with Crippen LogP contribution >= 0.6 is 11.3 Å². The first kappa shape index (κ1) is 14.8. The molecule has 1 saturated carbocycles. The Kier molecular flexibility index (Phi) is 3.98. The summed E-state index contributed by atoms with van der Waals surface area (Å²) in [4.78, 5) is 25.5. The second-order valence-electron chi connectivity index (χ2n) is 4.45. The van der Waals surface area contributed by atoms with Crippen LogP contribution in [-0.2, 0) is 22.2 Å². The summed E-state index contributed by atoms with van der Waals surface area (Å²) in [5, 5.41) is 12.4. The van der Waals surface area contributed by atoms with Gasteiger partial charge in [0.05, 0.1) is 16.8 Å². The van der Waals surface area contributed by atoms with Gasteiger partial charge in [-0.2, -0.15) is 13.2 Å². The van der Waals surface area contributed by atoms with Crippen LogP contribution in [-0.4, -0.2) is 28.5 Å². The molecule has 0 radical (unpaired) electrons. The van der Waals surface area contributed by atoms with E-state index in [2.05, 4.69) is 10.3 Å². The minimum atomic E-state index is -4.46. The van der Waals surface area contributed by atoms with Crippen molar-refractivity contribution in [2.24, 2.45) is 11.8 Å². The summed E-state index contributed by atoms with van der Waals surface area (Å²) >= 11 is 0.881. The van der Waals surface area contributed by atoms with E-state index in [1.807, 2.05) is 0 Å². The minimum Gasteiger partial charge on any atom is -0.481 e. The normalized spacial score (nSPS) is 21.6. The smallest absolute Gasteiger partial charge is 0.434 e. The van der Waals surface area contributed by atoms with Crippen LogP contribution in [0.5, 0.6) is 0 Å². The Bertz CT molecular complexity index is 529. The third-order valence-corrected chi connectivity index (χ3v) is 3.83. The van der Waals surface area contributed by atoms with Crippen molar-refractivity contribution in [1.82, 2.24) is 10.3 Å². The highest BCUT2D eigenvalue weighted by Crippen LogP contribution is 2.38. The SMILES string of the molecule is O=C(O)C1CC1C(=O)NCCc1nc(C(F)(F)F)cs1. The molecule has 20 heavy (non-hydrogen) atoms. The monoisotopic (exact) mass is 308 g/mol. The number of thiazole rings is 1. The van der Waals surface area contributed by atoms with E-state index in [9.17, 15) is 22.8 Å². The Hall–Kier alpha value is -1.64. The second kappa shape index (κ2) is 5.39.